The number of carbonyl (C=O) groups excluding carboxylic acids is 1. The normalized spacial score (nSPS) is 16.0. The second kappa shape index (κ2) is 6.65. The van der Waals surface area contributed by atoms with Gasteiger partial charge in [-0.25, -0.2) is 4.79 Å². The summed E-state index contributed by atoms with van der Waals surface area (Å²) in [5, 5.41) is 0.566. The Morgan fingerprint density at radius 2 is 1.96 bits per heavy atom. The van der Waals surface area contributed by atoms with E-state index in [9.17, 15) is 4.79 Å². The molecule has 0 bridgehead atoms. The largest absolute Gasteiger partial charge is 0.493 e. The zero-order valence-electron chi connectivity index (χ0n) is 13.7. The van der Waals surface area contributed by atoms with Crippen molar-refractivity contribution < 1.29 is 9.53 Å². The predicted molar refractivity (Wildman–Crippen MR) is 103 cm³/mol. The number of rotatable bonds is 1. The fourth-order valence-corrected chi connectivity index (χ4v) is 4.46. The summed E-state index contributed by atoms with van der Waals surface area (Å²) in [5.74, 6) is 0.891. The Bertz CT molecular complexity index is 868. The van der Waals surface area contributed by atoms with E-state index in [2.05, 4.69) is 6.07 Å². The predicted octanol–water partition coefficient (Wildman–Crippen LogP) is 5.05. The van der Waals surface area contributed by atoms with Crippen LogP contribution in [0.4, 0.5) is 10.5 Å². The van der Waals surface area contributed by atoms with Gasteiger partial charge in [0.1, 0.15) is 5.75 Å². The second-order valence-corrected chi connectivity index (χ2v) is 7.44. The van der Waals surface area contributed by atoms with Gasteiger partial charge in [-0.15, -0.1) is 0 Å². The standard InChI is InChI=1S/C19H17ClN2O2S/c1-21(16-8-4-3-7-15(16)20)19(23)22-12-14-13-6-2-5-9-17(13)24-11-10-18(14)25-22/h2-9H,10-12H2,1H3. The third-order valence-corrected chi connectivity index (χ3v) is 5.87. The quantitative estimate of drug-likeness (QED) is 0.656. The molecule has 2 aliphatic rings. The highest BCUT2D eigenvalue weighted by Gasteiger charge is 2.32. The first-order valence-corrected chi connectivity index (χ1v) is 9.22. The Hall–Kier alpha value is -2.11. The summed E-state index contributed by atoms with van der Waals surface area (Å²) >= 11 is 7.74. The molecule has 0 N–H and O–H groups in total. The minimum atomic E-state index is -0.0791. The molecule has 2 aromatic rings. The van der Waals surface area contributed by atoms with Gasteiger partial charge in [-0.05, 0) is 35.7 Å². The fraction of sp³-hybridized carbons (Fsp3) is 0.211. The molecule has 0 aromatic heterocycles. The van der Waals surface area contributed by atoms with E-state index in [-0.39, 0.29) is 6.03 Å². The van der Waals surface area contributed by atoms with Crippen LogP contribution in [0, 0.1) is 0 Å². The first-order chi connectivity index (χ1) is 12.1. The molecule has 0 radical (unpaired) electrons. The van der Waals surface area contributed by atoms with E-state index in [0.29, 0.717) is 23.9 Å². The second-order valence-electron chi connectivity index (χ2n) is 5.92. The Labute approximate surface area is 156 Å². The molecular formula is C19H17ClN2O2S. The highest BCUT2D eigenvalue weighted by molar-refractivity contribution is 8.01. The summed E-state index contributed by atoms with van der Waals surface area (Å²) in [4.78, 5) is 15.8. The Morgan fingerprint density at radius 3 is 2.80 bits per heavy atom. The molecule has 128 valence electrons. The van der Waals surface area contributed by atoms with Crippen molar-refractivity contribution in [2.75, 3.05) is 25.1 Å². The number of benzene rings is 2. The molecule has 4 rings (SSSR count). The monoisotopic (exact) mass is 372 g/mol. The van der Waals surface area contributed by atoms with Crippen LogP contribution in [0.5, 0.6) is 5.75 Å². The molecule has 0 saturated carbocycles. The van der Waals surface area contributed by atoms with Gasteiger partial charge in [-0.3, -0.25) is 9.21 Å². The number of nitrogens with zero attached hydrogens (tertiary/aromatic N) is 2. The first kappa shape index (κ1) is 16.4. The van der Waals surface area contributed by atoms with Gasteiger partial charge in [-0.1, -0.05) is 41.9 Å². The zero-order valence-corrected chi connectivity index (χ0v) is 15.3. The van der Waals surface area contributed by atoms with Crippen LogP contribution < -0.4 is 9.64 Å². The number of anilines is 1. The third kappa shape index (κ3) is 2.98. The van der Waals surface area contributed by atoms with Crippen molar-refractivity contribution in [2.24, 2.45) is 0 Å². The summed E-state index contributed by atoms with van der Waals surface area (Å²) < 4.78 is 7.61. The van der Waals surface area contributed by atoms with E-state index >= 15 is 0 Å². The molecule has 0 unspecified atom stereocenters. The smallest absolute Gasteiger partial charge is 0.334 e. The highest BCUT2D eigenvalue weighted by atomic mass is 35.5. The lowest BCUT2D eigenvalue weighted by Gasteiger charge is -2.25. The first-order valence-electron chi connectivity index (χ1n) is 8.07. The number of ether oxygens (including phenoxy) is 1. The van der Waals surface area contributed by atoms with Gasteiger partial charge in [-0.2, -0.15) is 0 Å². The molecule has 0 atom stereocenters. The number of hydrogen-bond donors (Lipinski definition) is 0. The van der Waals surface area contributed by atoms with Gasteiger partial charge < -0.3 is 4.74 Å². The van der Waals surface area contributed by atoms with Crippen molar-refractivity contribution >= 4 is 40.8 Å². The molecule has 2 aromatic carbocycles. The van der Waals surface area contributed by atoms with E-state index in [4.69, 9.17) is 16.3 Å². The van der Waals surface area contributed by atoms with Crippen molar-refractivity contribution in [2.45, 2.75) is 6.42 Å². The van der Waals surface area contributed by atoms with Crippen molar-refractivity contribution in [1.82, 2.24) is 4.31 Å². The number of amides is 2. The number of halogens is 1. The van der Waals surface area contributed by atoms with Crippen LogP contribution in [0.25, 0.3) is 5.57 Å². The maximum Gasteiger partial charge on any atom is 0.334 e. The average molecular weight is 373 g/mol. The van der Waals surface area contributed by atoms with Gasteiger partial charge in [0.15, 0.2) is 0 Å². The molecule has 0 spiro atoms. The average Bonchev–Trinajstić information content (AvgIpc) is 2.98. The van der Waals surface area contributed by atoms with E-state index in [1.165, 1.54) is 22.4 Å². The molecule has 6 heteroatoms. The molecule has 2 aliphatic heterocycles. The van der Waals surface area contributed by atoms with Crippen molar-refractivity contribution in [3.8, 4) is 5.75 Å². The molecular weight excluding hydrogens is 356 g/mol. The summed E-state index contributed by atoms with van der Waals surface area (Å²) in [6.07, 6.45) is 0.814. The van der Waals surface area contributed by atoms with Crippen LogP contribution in [-0.2, 0) is 0 Å². The molecule has 2 heterocycles. The Kier molecular flexibility index (Phi) is 4.36. The maximum absolute atomic E-state index is 13.0. The molecule has 2 amide bonds. The van der Waals surface area contributed by atoms with Crippen LogP contribution in [0.3, 0.4) is 0 Å². The van der Waals surface area contributed by atoms with Crippen LogP contribution in [0.1, 0.15) is 12.0 Å². The maximum atomic E-state index is 13.0. The van der Waals surface area contributed by atoms with Gasteiger partial charge >= 0.3 is 6.03 Å². The fourth-order valence-electron chi connectivity index (χ4n) is 3.08. The number of carbonyl (C=O) groups is 1. The SMILES string of the molecule is CN(C(=O)N1CC2=C(CCOc3ccccc32)S1)c1ccccc1Cl. The number of hydrogen-bond acceptors (Lipinski definition) is 3. The van der Waals surface area contributed by atoms with Crippen molar-refractivity contribution in [3.63, 3.8) is 0 Å². The molecule has 0 aliphatic carbocycles. The number of para-hydroxylation sites is 2. The summed E-state index contributed by atoms with van der Waals surface area (Å²) in [6.45, 7) is 1.19. The number of fused-ring (bicyclic) bond motifs is 2. The van der Waals surface area contributed by atoms with E-state index in [1.807, 2.05) is 36.4 Å². The number of urea groups is 1. The van der Waals surface area contributed by atoms with Gasteiger partial charge in [0, 0.05) is 23.9 Å². The van der Waals surface area contributed by atoms with Gasteiger partial charge in [0.25, 0.3) is 0 Å². The Balaban J connectivity index is 1.58. The zero-order chi connectivity index (χ0) is 17.4. The van der Waals surface area contributed by atoms with Crippen LogP contribution >= 0.6 is 23.5 Å². The Morgan fingerprint density at radius 1 is 1.20 bits per heavy atom. The van der Waals surface area contributed by atoms with E-state index in [0.717, 1.165) is 17.7 Å². The minimum Gasteiger partial charge on any atom is -0.493 e. The van der Waals surface area contributed by atoms with Gasteiger partial charge in [0.2, 0.25) is 0 Å². The summed E-state index contributed by atoms with van der Waals surface area (Å²) in [6, 6.07) is 15.3. The molecule has 4 nitrogen and oxygen atoms in total. The van der Waals surface area contributed by atoms with Crippen LogP contribution in [0.15, 0.2) is 53.4 Å². The minimum absolute atomic E-state index is 0.0791. The lowest BCUT2D eigenvalue weighted by Crippen LogP contribution is -2.36. The van der Waals surface area contributed by atoms with Crippen LogP contribution in [-0.4, -0.2) is 30.5 Å². The summed E-state index contributed by atoms with van der Waals surface area (Å²) in [5.41, 5.74) is 2.97. The van der Waals surface area contributed by atoms with Crippen molar-refractivity contribution in [3.05, 3.63) is 64.0 Å². The highest BCUT2D eigenvalue weighted by Crippen LogP contribution is 2.45. The molecule has 0 saturated heterocycles. The lowest BCUT2D eigenvalue weighted by atomic mass is 10.0. The van der Waals surface area contributed by atoms with E-state index < -0.39 is 0 Å². The molecule has 0 fully saturated rings. The summed E-state index contributed by atoms with van der Waals surface area (Å²) in [7, 11) is 1.75. The van der Waals surface area contributed by atoms with Gasteiger partial charge in [0.05, 0.1) is 23.9 Å². The third-order valence-electron chi connectivity index (χ3n) is 4.37. The lowest BCUT2D eigenvalue weighted by molar-refractivity contribution is 0.236. The van der Waals surface area contributed by atoms with E-state index in [1.54, 1.807) is 22.3 Å². The van der Waals surface area contributed by atoms with Crippen molar-refractivity contribution in [1.29, 1.82) is 0 Å². The topological polar surface area (TPSA) is 32.8 Å². The molecule has 25 heavy (non-hydrogen) atoms. The van der Waals surface area contributed by atoms with Crippen LogP contribution in [0.2, 0.25) is 5.02 Å².